The van der Waals surface area contributed by atoms with Crippen LogP contribution in [0.1, 0.15) is 22.3 Å². The van der Waals surface area contributed by atoms with E-state index >= 15 is 0 Å². The van der Waals surface area contributed by atoms with E-state index in [2.05, 4.69) is 45.1 Å². The monoisotopic (exact) mass is 380 g/mol. The second-order valence-electron chi connectivity index (χ2n) is 7.19. The number of anilines is 1. The lowest BCUT2D eigenvalue weighted by Crippen LogP contribution is -2.34. The largest absolute Gasteiger partial charge is 0.355 e. The standard InChI is InChI=1S/C22H28N4O2/c1-23-21(27)19-8-5-9-20(14-19)25-22(28)24-15-18-11-13-26(16-18)12-10-17-6-3-2-4-7-17/h2-9,14,18H,10-13,15-16H2,1H3,(H,23,27)(H2,24,25,28). The summed E-state index contributed by atoms with van der Waals surface area (Å²) in [6, 6.07) is 17.2. The van der Waals surface area contributed by atoms with Gasteiger partial charge in [-0.25, -0.2) is 4.79 Å². The van der Waals surface area contributed by atoms with Crippen molar-refractivity contribution >= 4 is 17.6 Å². The van der Waals surface area contributed by atoms with Gasteiger partial charge in [0.25, 0.3) is 5.91 Å². The number of amides is 3. The van der Waals surface area contributed by atoms with Gasteiger partial charge in [0.05, 0.1) is 0 Å². The lowest BCUT2D eigenvalue weighted by Gasteiger charge is -2.16. The van der Waals surface area contributed by atoms with Crippen LogP contribution in [0.3, 0.4) is 0 Å². The normalized spacial score (nSPS) is 16.5. The van der Waals surface area contributed by atoms with Gasteiger partial charge in [-0.3, -0.25) is 4.79 Å². The molecule has 1 aliphatic rings. The number of carbonyl (C=O) groups is 2. The second-order valence-corrected chi connectivity index (χ2v) is 7.19. The summed E-state index contributed by atoms with van der Waals surface area (Å²) >= 11 is 0. The highest BCUT2D eigenvalue weighted by molar-refractivity contribution is 5.96. The Morgan fingerprint density at radius 2 is 1.93 bits per heavy atom. The van der Waals surface area contributed by atoms with E-state index in [1.54, 1.807) is 31.3 Å². The zero-order valence-electron chi connectivity index (χ0n) is 16.3. The zero-order chi connectivity index (χ0) is 19.8. The van der Waals surface area contributed by atoms with Gasteiger partial charge in [-0.15, -0.1) is 0 Å². The first-order valence-corrected chi connectivity index (χ1v) is 9.77. The summed E-state index contributed by atoms with van der Waals surface area (Å²) in [5.74, 6) is 0.296. The maximum absolute atomic E-state index is 12.2. The first-order valence-electron chi connectivity index (χ1n) is 9.77. The van der Waals surface area contributed by atoms with Crippen LogP contribution < -0.4 is 16.0 Å². The van der Waals surface area contributed by atoms with Crippen LogP contribution in [0.4, 0.5) is 10.5 Å². The molecule has 3 amide bonds. The molecule has 2 aromatic carbocycles. The quantitative estimate of drug-likeness (QED) is 0.692. The summed E-state index contributed by atoms with van der Waals surface area (Å²) in [4.78, 5) is 26.3. The topological polar surface area (TPSA) is 73.5 Å². The van der Waals surface area contributed by atoms with Gasteiger partial charge in [-0.2, -0.15) is 0 Å². The van der Waals surface area contributed by atoms with Crippen molar-refractivity contribution in [2.75, 3.05) is 38.5 Å². The van der Waals surface area contributed by atoms with Gasteiger partial charge < -0.3 is 20.9 Å². The van der Waals surface area contributed by atoms with Gasteiger partial charge in [0.15, 0.2) is 0 Å². The SMILES string of the molecule is CNC(=O)c1cccc(NC(=O)NCC2CCN(CCc3ccccc3)C2)c1. The Morgan fingerprint density at radius 1 is 1.11 bits per heavy atom. The number of likely N-dealkylation sites (tertiary alicyclic amines) is 1. The van der Waals surface area contributed by atoms with E-state index in [0.717, 1.165) is 32.5 Å². The van der Waals surface area contributed by atoms with Crippen molar-refractivity contribution in [1.29, 1.82) is 0 Å². The Balaban J connectivity index is 1.39. The molecule has 2 aromatic rings. The minimum absolute atomic E-state index is 0.175. The molecule has 1 saturated heterocycles. The predicted octanol–water partition coefficient (Wildman–Crippen LogP) is 2.73. The summed E-state index contributed by atoms with van der Waals surface area (Å²) in [5.41, 5.74) is 2.49. The van der Waals surface area contributed by atoms with Crippen molar-refractivity contribution in [3.63, 3.8) is 0 Å². The van der Waals surface area contributed by atoms with E-state index in [1.165, 1.54) is 5.56 Å². The number of nitrogens with one attached hydrogen (secondary N) is 3. The fourth-order valence-corrected chi connectivity index (χ4v) is 3.51. The van der Waals surface area contributed by atoms with E-state index in [1.807, 2.05) is 6.07 Å². The maximum Gasteiger partial charge on any atom is 0.319 e. The van der Waals surface area contributed by atoms with Crippen LogP contribution in [0.15, 0.2) is 54.6 Å². The van der Waals surface area contributed by atoms with E-state index < -0.39 is 0 Å². The molecule has 148 valence electrons. The Morgan fingerprint density at radius 3 is 2.71 bits per heavy atom. The number of carbonyl (C=O) groups excluding carboxylic acids is 2. The average molecular weight is 380 g/mol. The maximum atomic E-state index is 12.2. The summed E-state index contributed by atoms with van der Waals surface area (Å²) < 4.78 is 0. The molecule has 0 aliphatic carbocycles. The fraction of sp³-hybridized carbons (Fsp3) is 0.364. The number of rotatable bonds is 7. The molecule has 0 spiro atoms. The molecule has 1 fully saturated rings. The van der Waals surface area contributed by atoms with Gasteiger partial charge in [0.2, 0.25) is 0 Å². The molecule has 1 atom stereocenters. The van der Waals surface area contributed by atoms with Crippen LogP contribution in [-0.2, 0) is 6.42 Å². The second kappa shape index (κ2) is 9.90. The van der Waals surface area contributed by atoms with Crippen LogP contribution in [-0.4, -0.2) is 50.1 Å². The first kappa shape index (κ1) is 19.9. The summed E-state index contributed by atoms with van der Waals surface area (Å²) in [6.45, 7) is 3.80. The average Bonchev–Trinajstić information content (AvgIpc) is 3.19. The molecule has 28 heavy (non-hydrogen) atoms. The van der Waals surface area contributed by atoms with Crippen molar-refractivity contribution in [2.24, 2.45) is 5.92 Å². The minimum Gasteiger partial charge on any atom is -0.355 e. The van der Waals surface area contributed by atoms with Crippen LogP contribution >= 0.6 is 0 Å². The Hall–Kier alpha value is -2.86. The third-order valence-corrected chi connectivity index (χ3v) is 5.09. The summed E-state index contributed by atoms with van der Waals surface area (Å²) in [7, 11) is 1.58. The first-order chi connectivity index (χ1) is 13.6. The molecule has 0 radical (unpaired) electrons. The fourth-order valence-electron chi connectivity index (χ4n) is 3.51. The molecule has 3 rings (SSSR count). The number of urea groups is 1. The molecule has 1 aliphatic heterocycles. The highest BCUT2D eigenvalue weighted by Crippen LogP contribution is 2.16. The van der Waals surface area contributed by atoms with Gasteiger partial charge in [-0.1, -0.05) is 36.4 Å². The molecule has 0 bridgehead atoms. The molecule has 1 unspecified atom stereocenters. The van der Waals surface area contributed by atoms with Crippen molar-refractivity contribution in [3.05, 3.63) is 65.7 Å². The Labute approximate surface area is 166 Å². The molecule has 6 heteroatoms. The summed E-state index contributed by atoms with van der Waals surface area (Å²) in [5, 5.41) is 8.33. The smallest absolute Gasteiger partial charge is 0.319 e. The van der Waals surface area contributed by atoms with Crippen LogP contribution in [0.25, 0.3) is 0 Å². The Kier molecular flexibility index (Phi) is 7.03. The van der Waals surface area contributed by atoms with Crippen LogP contribution in [0, 0.1) is 5.92 Å². The van der Waals surface area contributed by atoms with E-state index in [-0.39, 0.29) is 11.9 Å². The van der Waals surface area contributed by atoms with Crippen LogP contribution in [0.5, 0.6) is 0 Å². The third kappa shape index (κ3) is 5.82. The van der Waals surface area contributed by atoms with Crippen molar-refractivity contribution in [1.82, 2.24) is 15.5 Å². The van der Waals surface area contributed by atoms with E-state index in [0.29, 0.717) is 23.7 Å². The number of nitrogens with zero attached hydrogens (tertiary/aromatic N) is 1. The molecule has 1 heterocycles. The zero-order valence-corrected chi connectivity index (χ0v) is 16.3. The summed E-state index contributed by atoms with van der Waals surface area (Å²) in [6.07, 6.45) is 2.16. The molecule has 0 aromatic heterocycles. The van der Waals surface area contributed by atoms with Gasteiger partial charge in [0.1, 0.15) is 0 Å². The third-order valence-electron chi connectivity index (χ3n) is 5.09. The number of hydrogen-bond acceptors (Lipinski definition) is 3. The van der Waals surface area contributed by atoms with Crippen molar-refractivity contribution in [2.45, 2.75) is 12.8 Å². The lowest BCUT2D eigenvalue weighted by molar-refractivity contribution is 0.0963. The number of hydrogen-bond donors (Lipinski definition) is 3. The minimum atomic E-state index is -0.239. The molecule has 6 nitrogen and oxygen atoms in total. The highest BCUT2D eigenvalue weighted by Gasteiger charge is 2.22. The molecular formula is C22H28N4O2. The van der Waals surface area contributed by atoms with Crippen molar-refractivity contribution < 1.29 is 9.59 Å². The predicted molar refractivity (Wildman–Crippen MR) is 112 cm³/mol. The molecule has 0 saturated carbocycles. The van der Waals surface area contributed by atoms with Crippen molar-refractivity contribution in [3.8, 4) is 0 Å². The van der Waals surface area contributed by atoms with Gasteiger partial charge in [0, 0.05) is 37.9 Å². The lowest BCUT2D eigenvalue weighted by atomic mass is 10.1. The van der Waals surface area contributed by atoms with E-state index in [4.69, 9.17) is 0 Å². The van der Waals surface area contributed by atoms with Crippen LogP contribution in [0.2, 0.25) is 0 Å². The van der Waals surface area contributed by atoms with Gasteiger partial charge in [-0.05, 0) is 49.1 Å². The molecule has 3 N–H and O–H groups in total. The van der Waals surface area contributed by atoms with Gasteiger partial charge >= 0.3 is 6.03 Å². The number of benzene rings is 2. The molecular weight excluding hydrogens is 352 g/mol. The Bertz CT molecular complexity index is 794. The highest BCUT2D eigenvalue weighted by atomic mass is 16.2. The van der Waals surface area contributed by atoms with E-state index in [9.17, 15) is 9.59 Å².